The summed E-state index contributed by atoms with van der Waals surface area (Å²) in [6.07, 6.45) is 6.24. The van der Waals surface area contributed by atoms with Crippen molar-refractivity contribution >= 4 is 23.0 Å². The van der Waals surface area contributed by atoms with Gasteiger partial charge in [-0.1, -0.05) is 13.0 Å². The highest BCUT2D eigenvalue weighted by atomic mass is 32.2. The van der Waals surface area contributed by atoms with Crippen LogP contribution in [0.5, 0.6) is 5.75 Å². The maximum absolute atomic E-state index is 11.3. The predicted molar refractivity (Wildman–Crippen MR) is 86.0 cm³/mol. The van der Waals surface area contributed by atoms with Gasteiger partial charge in [0.15, 0.2) is 5.75 Å². The first-order valence-electron chi connectivity index (χ1n) is 7.44. The van der Waals surface area contributed by atoms with E-state index in [0.717, 1.165) is 48.3 Å². The summed E-state index contributed by atoms with van der Waals surface area (Å²) in [5.74, 6) is 2.58. The molecule has 0 aromatic heterocycles. The maximum Gasteiger partial charge on any atom is 0.311 e. The van der Waals surface area contributed by atoms with Crippen LogP contribution in [0.25, 0.3) is 5.57 Å². The summed E-state index contributed by atoms with van der Waals surface area (Å²) in [5.41, 5.74) is 3.59. The monoisotopic (exact) mass is 305 g/mol. The van der Waals surface area contributed by atoms with Crippen LogP contribution in [0.3, 0.4) is 0 Å². The highest BCUT2D eigenvalue weighted by molar-refractivity contribution is 7.99. The molecule has 5 heteroatoms. The average molecular weight is 305 g/mol. The van der Waals surface area contributed by atoms with Gasteiger partial charge in [0, 0.05) is 11.8 Å². The third-order valence-electron chi connectivity index (χ3n) is 3.89. The van der Waals surface area contributed by atoms with Gasteiger partial charge in [-0.3, -0.25) is 10.1 Å². The SMILES string of the molecule is CCc1cc([N+](=O)[O-])c(OC2CC2)cc1C1=CCSCC1. The fraction of sp³-hybridized carbons (Fsp3) is 0.500. The van der Waals surface area contributed by atoms with Crippen LogP contribution in [0.15, 0.2) is 18.2 Å². The number of rotatable bonds is 5. The molecule has 0 amide bonds. The molecule has 1 aliphatic carbocycles. The van der Waals surface area contributed by atoms with Gasteiger partial charge in [-0.2, -0.15) is 11.8 Å². The van der Waals surface area contributed by atoms with E-state index in [1.54, 1.807) is 6.07 Å². The summed E-state index contributed by atoms with van der Waals surface area (Å²) in [6, 6.07) is 3.60. The van der Waals surface area contributed by atoms with Crippen LogP contribution in [0.2, 0.25) is 0 Å². The van der Waals surface area contributed by atoms with E-state index in [1.807, 2.05) is 24.8 Å². The lowest BCUT2D eigenvalue weighted by Crippen LogP contribution is -2.05. The molecule has 0 radical (unpaired) electrons. The van der Waals surface area contributed by atoms with Crippen molar-refractivity contribution in [3.8, 4) is 5.75 Å². The average Bonchev–Trinajstić information content (AvgIpc) is 3.31. The van der Waals surface area contributed by atoms with E-state index in [4.69, 9.17) is 4.74 Å². The molecule has 0 unspecified atom stereocenters. The van der Waals surface area contributed by atoms with Crippen molar-refractivity contribution in [3.05, 3.63) is 39.4 Å². The van der Waals surface area contributed by atoms with Gasteiger partial charge in [0.25, 0.3) is 0 Å². The number of allylic oxidation sites excluding steroid dienone is 1. The molecular formula is C16H19NO3S. The molecule has 0 N–H and O–H groups in total. The Kier molecular flexibility index (Phi) is 4.19. The highest BCUT2D eigenvalue weighted by Crippen LogP contribution is 2.39. The second-order valence-electron chi connectivity index (χ2n) is 5.46. The summed E-state index contributed by atoms with van der Waals surface area (Å²) in [6.45, 7) is 2.04. The van der Waals surface area contributed by atoms with Crippen molar-refractivity contribution in [2.24, 2.45) is 0 Å². The van der Waals surface area contributed by atoms with Crippen molar-refractivity contribution in [1.82, 2.24) is 0 Å². The minimum atomic E-state index is -0.328. The molecule has 1 heterocycles. The lowest BCUT2D eigenvalue weighted by Gasteiger charge is -2.17. The number of hydrogen-bond acceptors (Lipinski definition) is 4. The molecule has 1 fully saturated rings. The van der Waals surface area contributed by atoms with Crippen molar-refractivity contribution in [1.29, 1.82) is 0 Å². The zero-order valence-electron chi connectivity index (χ0n) is 12.1. The van der Waals surface area contributed by atoms with Gasteiger partial charge in [-0.25, -0.2) is 0 Å². The Labute approximate surface area is 128 Å². The van der Waals surface area contributed by atoms with E-state index >= 15 is 0 Å². The summed E-state index contributed by atoms with van der Waals surface area (Å²) >= 11 is 1.92. The highest BCUT2D eigenvalue weighted by Gasteiger charge is 2.28. The van der Waals surface area contributed by atoms with E-state index in [0.29, 0.717) is 5.75 Å². The van der Waals surface area contributed by atoms with Crippen molar-refractivity contribution < 1.29 is 9.66 Å². The van der Waals surface area contributed by atoms with Gasteiger partial charge < -0.3 is 4.74 Å². The molecule has 0 spiro atoms. The smallest absolute Gasteiger partial charge is 0.311 e. The minimum Gasteiger partial charge on any atom is -0.483 e. The van der Waals surface area contributed by atoms with Gasteiger partial charge in [0.2, 0.25) is 0 Å². The second-order valence-corrected chi connectivity index (χ2v) is 6.61. The molecule has 1 aromatic carbocycles. The Morgan fingerprint density at radius 1 is 1.43 bits per heavy atom. The van der Waals surface area contributed by atoms with Crippen LogP contribution >= 0.6 is 11.8 Å². The zero-order chi connectivity index (χ0) is 14.8. The largest absolute Gasteiger partial charge is 0.483 e. The van der Waals surface area contributed by atoms with Crippen LogP contribution in [0.4, 0.5) is 5.69 Å². The molecule has 0 saturated heterocycles. The van der Waals surface area contributed by atoms with Gasteiger partial charge in [-0.05, 0) is 54.2 Å². The number of ether oxygens (including phenoxy) is 1. The third kappa shape index (κ3) is 3.23. The lowest BCUT2D eigenvalue weighted by atomic mass is 9.95. The van der Waals surface area contributed by atoms with Crippen LogP contribution in [0, 0.1) is 10.1 Å². The number of benzene rings is 1. The second kappa shape index (κ2) is 6.10. The van der Waals surface area contributed by atoms with E-state index in [9.17, 15) is 10.1 Å². The van der Waals surface area contributed by atoms with Crippen LogP contribution in [0.1, 0.15) is 37.3 Å². The Hall–Kier alpha value is -1.49. The zero-order valence-corrected chi connectivity index (χ0v) is 12.9. The van der Waals surface area contributed by atoms with E-state index in [2.05, 4.69) is 6.08 Å². The minimum absolute atomic E-state index is 0.105. The number of nitro benzene ring substituents is 1. The van der Waals surface area contributed by atoms with Crippen LogP contribution in [-0.2, 0) is 6.42 Å². The van der Waals surface area contributed by atoms with Crippen molar-refractivity contribution in [2.75, 3.05) is 11.5 Å². The molecule has 0 atom stereocenters. The Morgan fingerprint density at radius 2 is 2.24 bits per heavy atom. The molecule has 1 aromatic rings. The molecule has 1 aliphatic heterocycles. The molecule has 0 bridgehead atoms. The Balaban J connectivity index is 2.04. The Morgan fingerprint density at radius 3 is 2.81 bits per heavy atom. The lowest BCUT2D eigenvalue weighted by molar-refractivity contribution is -0.386. The molecular weight excluding hydrogens is 286 g/mol. The molecule has 4 nitrogen and oxygen atoms in total. The first-order valence-corrected chi connectivity index (χ1v) is 8.59. The number of nitro groups is 1. The van der Waals surface area contributed by atoms with Crippen LogP contribution < -0.4 is 4.74 Å². The van der Waals surface area contributed by atoms with E-state index < -0.39 is 0 Å². The molecule has 2 aliphatic rings. The number of nitrogens with zero attached hydrogens (tertiary/aromatic N) is 1. The first kappa shape index (κ1) is 14.4. The third-order valence-corrected chi connectivity index (χ3v) is 4.78. The summed E-state index contributed by atoms with van der Waals surface area (Å²) in [5, 5.41) is 11.3. The quantitative estimate of drug-likeness (QED) is 0.604. The fourth-order valence-electron chi connectivity index (χ4n) is 2.58. The number of aryl methyl sites for hydroxylation is 1. The van der Waals surface area contributed by atoms with Gasteiger partial charge in [0.05, 0.1) is 11.0 Å². The summed E-state index contributed by atoms with van der Waals surface area (Å²) in [4.78, 5) is 11.0. The first-order chi connectivity index (χ1) is 10.2. The van der Waals surface area contributed by atoms with Crippen molar-refractivity contribution in [3.63, 3.8) is 0 Å². The van der Waals surface area contributed by atoms with Crippen molar-refractivity contribution in [2.45, 2.75) is 38.7 Å². The predicted octanol–water partition coefficient (Wildman–Crippen LogP) is 4.22. The summed E-state index contributed by atoms with van der Waals surface area (Å²) < 4.78 is 5.77. The number of thioether (sulfide) groups is 1. The van der Waals surface area contributed by atoms with Gasteiger partial charge in [0.1, 0.15) is 0 Å². The topological polar surface area (TPSA) is 52.4 Å². The molecule has 3 rings (SSSR count). The maximum atomic E-state index is 11.3. The van der Waals surface area contributed by atoms with Gasteiger partial charge in [-0.15, -0.1) is 0 Å². The van der Waals surface area contributed by atoms with Crippen LogP contribution in [-0.4, -0.2) is 22.5 Å². The standard InChI is InChI=1S/C16H19NO3S/c1-2-11-9-15(17(18)19)16(20-13-3-4-13)10-14(11)12-5-7-21-8-6-12/h5,9-10,13H,2-4,6-8H2,1H3. The van der Waals surface area contributed by atoms with E-state index in [1.165, 1.54) is 5.57 Å². The van der Waals surface area contributed by atoms with Gasteiger partial charge >= 0.3 is 5.69 Å². The summed E-state index contributed by atoms with van der Waals surface area (Å²) in [7, 11) is 0. The molecule has 1 saturated carbocycles. The molecule has 112 valence electrons. The van der Waals surface area contributed by atoms with E-state index in [-0.39, 0.29) is 16.7 Å². The normalized spacial score (nSPS) is 18.2. The fourth-order valence-corrected chi connectivity index (χ4v) is 3.43. The molecule has 21 heavy (non-hydrogen) atoms. The Bertz CT molecular complexity index is 593. The number of hydrogen-bond donors (Lipinski definition) is 0.